The fourth-order valence-electron chi connectivity index (χ4n) is 4.01. The van der Waals surface area contributed by atoms with Crippen LogP contribution < -0.4 is 10.5 Å². The topological polar surface area (TPSA) is 130 Å². The predicted octanol–water partition coefficient (Wildman–Crippen LogP) is 3.93. The van der Waals surface area contributed by atoms with Crippen molar-refractivity contribution in [2.45, 2.75) is 35.3 Å². The van der Waals surface area contributed by atoms with Crippen LogP contribution in [-0.4, -0.2) is 32.1 Å². The minimum atomic E-state index is -5.00. The SMILES string of the molecule is COc1ccc(Cc2ccccc2S(=O)(=O)C(c2ccc(C#N)c(C(F)(F)F)c2)C(C)(O)C(N)=O)cc1. The van der Waals surface area contributed by atoms with Crippen LogP contribution in [0.2, 0.25) is 0 Å². The maximum atomic E-state index is 14.0. The van der Waals surface area contributed by atoms with Crippen molar-refractivity contribution in [2.75, 3.05) is 7.11 Å². The number of sulfone groups is 1. The minimum Gasteiger partial charge on any atom is -0.497 e. The van der Waals surface area contributed by atoms with Gasteiger partial charge in [-0.1, -0.05) is 36.4 Å². The molecule has 0 saturated carbocycles. The summed E-state index contributed by atoms with van der Waals surface area (Å²) in [5, 5.41) is 17.8. The van der Waals surface area contributed by atoms with Crippen LogP contribution in [0.5, 0.6) is 5.75 Å². The molecule has 11 heteroatoms. The predicted molar refractivity (Wildman–Crippen MR) is 128 cm³/mol. The molecule has 0 aliphatic heterocycles. The lowest BCUT2D eigenvalue weighted by Crippen LogP contribution is -2.49. The highest BCUT2D eigenvalue weighted by Crippen LogP contribution is 2.42. The first-order valence-electron chi connectivity index (χ1n) is 10.8. The molecule has 0 aliphatic carbocycles. The molecule has 0 bridgehead atoms. The molecule has 2 unspecified atom stereocenters. The number of methoxy groups -OCH3 is 1. The fraction of sp³-hybridized carbons (Fsp3) is 0.231. The van der Waals surface area contributed by atoms with E-state index in [4.69, 9.17) is 15.7 Å². The summed E-state index contributed by atoms with van der Waals surface area (Å²) in [4.78, 5) is 11.9. The van der Waals surface area contributed by atoms with E-state index in [1.54, 1.807) is 30.3 Å². The lowest BCUT2D eigenvalue weighted by Gasteiger charge is -2.31. The molecule has 0 heterocycles. The normalized spacial score (nSPS) is 14.3. The zero-order valence-electron chi connectivity index (χ0n) is 19.8. The molecular formula is C26H23F3N2O5S. The van der Waals surface area contributed by atoms with Gasteiger partial charge in [0.25, 0.3) is 5.91 Å². The summed E-state index contributed by atoms with van der Waals surface area (Å²) in [6, 6.07) is 16.2. The maximum Gasteiger partial charge on any atom is 0.417 e. The zero-order valence-corrected chi connectivity index (χ0v) is 20.6. The summed E-state index contributed by atoms with van der Waals surface area (Å²) < 4.78 is 74.0. The molecule has 0 spiro atoms. The third-order valence-electron chi connectivity index (χ3n) is 5.92. The number of hydrogen-bond donors (Lipinski definition) is 2. The van der Waals surface area contributed by atoms with Crippen molar-refractivity contribution in [2.24, 2.45) is 5.73 Å². The molecule has 0 aliphatic rings. The number of aliphatic hydroxyl groups is 1. The summed E-state index contributed by atoms with van der Waals surface area (Å²) in [7, 11) is -3.23. The number of ether oxygens (including phenoxy) is 1. The van der Waals surface area contributed by atoms with Crippen molar-refractivity contribution in [1.82, 2.24) is 0 Å². The van der Waals surface area contributed by atoms with Gasteiger partial charge in [0.1, 0.15) is 11.0 Å². The molecule has 0 aromatic heterocycles. The van der Waals surface area contributed by atoms with Gasteiger partial charge in [0.15, 0.2) is 15.4 Å². The number of nitriles is 1. The van der Waals surface area contributed by atoms with Crippen LogP contribution in [0, 0.1) is 11.3 Å². The van der Waals surface area contributed by atoms with Gasteiger partial charge in [0.05, 0.1) is 29.2 Å². The average Bonchev–Trinajstić information content (AvgIpc) is 2.84. The van der Waals surface area contributed by atoms with E-state index in [9.17, 15) is 31.5 Å². The van der Waals surface area contributed by atoms with E-state index in [-0.39, 0.29) is 16.9 Å². The molecule has 3 N–H and O–H groups in total. The highest BCUT2D eigenvalue weighted by molar-refractivity contribution is 7.91. The highest BCUT2D eigenvalue weighted by atomic mass is 32.2. The standard InChI is InChI=1S/C26H23F3N2O5S/c1-25(33,24(31)32)23(18-9-10-19(15-30)21(14-18)26(27,28)29)37(34,35)22-6-4-3-5-17(22)13-16-7-11-20(36-2)12-8-16/h3-12,14,23,33H,13H2,1-2H3,(H2,31,32). The summed E-state index contributed by atoms with van der Waals surface area (Å²) in [5.74, 6) is -0.866. The number of primary amides is 1. The third kappa shape index (κ3) is 5.60. The van der Waals surface area contributed by atoms with E-state index in [0.29, 0.717) is 17.4 Å². The Morgan fingerprint density at radius 3 is 2.27 bits per heavy atom. The number of carbonyl (C=O) groups is 1. The first-order valence-corrected chi connectivity index (χ1v) is 12.4. The van der Waals surface area contributed by atoms with Gasteiger partial charge < -0.3 is 15.6 Å². The van der Waals surface area contributed by atoms with Gasteiger partial charge in [-0.2, -0.15) is 18.4 Å². The summed E-state index contributed by atoms with van der Waals surface area (Å²) in [5.41, 5.74) is 0.803. The van der Waals surface area contributed by atoms with E-state index in [1.165, 1.54) is 31.4 Å². The van der Waals surface area contributed by atoms with Gasteiger partial charge in [-0.25, -0.2) is 8.42 Å². The molecular weight excluding hydrogens is 509 g/mol. The van der Waals surface area contributed by atoms with Gasteiger partial charge in [-0.05, 0) is 60.4 Å². The maximum absolute atomic E-state index is 14.0. The quantitative estimate of drug-likeness (QED) is 0.452. The van der Waals surface area contributed by atoms with Crippen molar-refractivity contribution in [1.29, 1.82) is 5.26 Å². The number of carbonyl (C=O) groups excluding carboxylic acids is 1. The van der Waals surface area contributed by atoms with Gasteiger partial charge in [0, 0.05) is 0 Å². The van der Waals surface area contributed by atoms with E-state index in [2.05, 4.69) is 0 Å². The first kappa shape index (κ1) is 27.7. The van der Waals surface area contributed by atoms with Crippen LogP contribution in [0.15, 0.2) is 71.6 Å². The van der Waals surface area contributed by atoms with Gasteiger partial charge in [-0.15, -0.1) is 0 Å². The van der Waals surface area contributed by atoms with E-state index in [1.807, 2.05) is 0 Å². The zero-order chi connectivity index (χ0) is 27.6. The molecule has 2 atom stereocenters. The van der Waals surface area contributed by atoms with Gasteiger partial charge in [0.2, 0.25) is 0 Å². The Morgan fingerprint density at radius 2 is 1.73 bits per heavy atom. The number of nitrogens with two attached hydrogens (primary N) is 1. The van der Waals surface area contributed by atoms with Crippen molar-refractivity contribution in [3.05, 3.63) is 94.5 Å². The second-order valence-electron chi connectivity index (χ2n) is 8.48. The molecule has 7 nitrogen and oxygen atoms in total. The van der Waals surface area contributed by atoms with Crippen LogP contribution in [0.25, 0.3) is 0 Å². The van der Waals surface area contributed by atoms with Gasteiger partial charge in [-0.3, -0.25) is 4.79 Å². The molecule has 0 fully saturated rings. The smallest absolute Gasteiger partial charge is 0.417 e. The lowest BCUT2D eigenvalue weighted by molar-refractivity contribution is -0.137. The molecule has 3 rings (SSSR count). The van der Waals surface area contributed by atoms with Crippen molar-refractivity contribution in [3.63, 3.8) is 0 Å². The number of hydrogen-bond acceptors (Lipinski definition) is 6. The number of halogens is 3. The number of rotatable bonds is 8. The molecule has 3 aromatic rings. The Hall–Kier alpha value is -3.88. The Labute approximate surface area is 211 Å². The molecule has 1 amide bonds. The van der Waals surface area contributed by atoms with E-state index in [0.717, 1.165) is 19.1 Å². The number of alkyl halides is 3. The summed E-state index contributed by atoms with van der Waals surface area (Å²) in [6.45, 7) is 0.828. The van der Waals surface area contributed by atoms with Crippen LogP contribution in [0.3, 0.4) is 0 Å². The molecule has 0 radical (unpaired) electrons. The van der Waals surface area contributed by atoms with Crippen molar-refractivity contribution >= 4 is 15.7 Å². The monoisotopic (exact) mass is 532 g/mol. The molecule has 0 saturated heterocycles. The second kappa shape index (κ2) is 10.2. The number of amides is 1. The van der Waals surface area contributed by atoms with Crippen LogP contribution in [0.1, 0.15) is 40.0 Å². The number of nitrogens with zero attached hydrogens (tertiary/aromatic N) is 1. The first-order chi connectivity index (χ1) is 17.2. The largest absolute Gasteiger partial charge is 0.497 e. The fourth-order valence-corrected chi connectivity index (χ4v) is 6.26. The molecule has 194 valence electrons. The van der Waals surface area contributed by atoms with Crippen LogP contribution in [0.4, 0.5) is 13.2 Å². The molecule has 37 heavy (non-hydrogen) atoms. The Balaban J connectivity index is 2.23. The Kier molecular flexibility index (Phi) is 7.67. The minimum absolute atomic E-state index is 0.117. The second-order valence-corrected chi connectivity index (χ2v) is 10.5. The molecule has 3 aromatic carbocycles. The van der Waals surface area contributed by atoms with E-state index >= 15 is 0 Å². The summed E-state index contributed by atoms with van der Waals surface area (Å²) in [6.07, 6.45) is -4.88. The third-order valence-corrected chi connectivity index (χ3v) is 8.29. The average molecular weight is 533 g/mol. The van der Waals surface area contributed by atoms with Crippen molar-refractivity contribution < 1.29 is 36.2 Å². The van der Waals surface area contributed by atoms with Gasteiger partial charge >= 0.3 is 6.18 Å². The number of benzene rings is 3. The van der Waals surface area contributed by atoms with Crippen molar-refractivity contribution in [3.8, 4) is 11.8 Å². The lowest BCUT2D eigenvalue weighted by atomic mass is 9.92. The Bertz CT molecular complexity index is 1460. The van der Waals surface area contributed by atoms with E-state index < -0.39 is 49.5 Å². The highest BCUT2D eigenvalue weighted by Gasteiger charge is 2.49. The summed E-state index contributed by atoms with van der Waals surface area (Å²) >= 11 is 0. The Morgan fingerprint density at radius 1 is 1.11 bits per heavy atom. The van der Waals surface area contributed by atoms with Crippen LogP contribution in [-0.2, 0) is 27.2 Å². The van der Waals surface area contributed by atoms with Crippen LogP contribution >= 0.6 is 0 Å².